The minimum absolute atomic E-state index is 0.154. The van der Waals surface area contributed by atoms with E-state index in [2.05, 4.69) is 42.6 Å². The zero-order valence-corrected chi connectivity index (χ0v) is 9.90. The maximum absolute atomic E-state index is 6.23. The summed E-state index contributed by atoms with van der Waals surface area (Å²) in [6.45, 7) is 6.63. The van der Waals surface area contributed by atoms with Gasteiger partial charge in [0.1, 0.15) is 5.82 Å². The first-order valence-electron chi connectivity index (χ1n) is 5.77. The van der Waals surface area contributed by atoms with Crippen LogP contribution in [0.1, 0.15) is 31.9 Å². The van der Waals surface area contributed by atoms with Crippen molar-refractivity contribution in [3.63, 3.8) is 0 Å². The molecule has 0 bridgehead atoms. The van der Waals surface area contributed by atoms with E-state index >= 15 is 0 Å². The summed E-state index contributed by atoms with van der Waals surface area (Å²) >= 11 is 0. The molecule has 0 saturated heterocycles. The predicted molar refractivity (Wildman–Crippen MR) is 64.1 cm³/mol. The molecule has 0 aromatic carbocycles. The van der Waals surface area contributed by atoms with Crippen LogP contribution in [0.5, 0.6) is 0 Å². The Labute approximate surface area is 91.9 Å². The summed E-state index contributed by atoms with van der Waals surface area (Å²) in [7, 11) is 2.15. The molecule has 0 amide bonds. The normalized spacial score (nSPS) is 18.1. The number of fused-ring (bicyclic) bond motifs is 1. The predicted octanol–water partition coefficient (Wildman–Crippen LogP) is 1.98. The van der Waals surface area contributed by atoms with Gasteiger partial charge in [0, 0.05) is 37.9 Å². The third-order valence-electron chi connectivity index (χ3n) is 3.30. The molecule has 3 heteroatoms. The molecule has 1 aromatic rings. The van der Waals surface area contributed by atoms with Gasteiger partial charge in [0.05, 0.1) is 0 Å². The van der Waals surface area contributed by atoms with Gasteiger partial charge in [-0.15, -0.1) is 0 Å². The number of rotatable bonds is 2. The Bertz CT molecular complexity index is 341. The quantitative estimate of drug-likeness (QED) is 0.804. The molecule has 2 N–H and O–H groups in total. The number of nitrogens with two attached hydrogens (primary N) is 1. The second-order valence-corrected chi connectivity index (χ2v) is 4.83. The molecule has 2 rings (SSSR count). The molecule has 1 aromatic heterocycles. The first-order chi connectivity index (χ1) is 7.11. The smallest absolute Gasteiger partial charge is 0.113 e. The number of aromatic nitrogens is 1. The number of anilines is 1. The molecule has 1 atom stereocenters. The third kappa shape index (κ3) is 1.76. The Hall–Kier alpha value is -0.960. The van der Waals surface area contributed by atoms with Gasteiger partial charge in [-0.25, -0.2) is 0 Å². The number of nitrogens with zero attached hydrogens (tertiary/aromatic N) is 2. The lowest BCUT2D eigenvalue weighted by atomic mass is 9.98. The highest BCUT2D eigenvalue weighted by atomic mass is 15.2. The van der Waals surface area contributed by atoms with Crippen molar-refractivity contribution in [3.05, 3.63) is 17.8 Å². The lowest BCUT2D eigenvalue weighted by molar-refractivity contribution is 0.507. The monoisotopic (exact) mass is 207 g/mol. The van der Waals surface area contributed by atoms with Gasteiger partial charge in [0.2, 0.25) is 0 Å². The molecule has 1 aliphatic heterocycles. The molecule has 3 nitrogen and oxygen atoms in total. The Morgan fingerprint density at radius 3 is 2.73 bits per heavy atom. The summed E-state index contributed by atoms with van der Waals surface area (Å²) in [4.78, 5) is 2.32. The maximum Gasteiger partial charge on any atom is 0.113 e. The van der Waals surface area contributed by atoms with Crippen LogP contribution in [-0.2, 0) is 6.54 Å². The minimum atomic E-state index is 0.154. The van der Waals surface area contributed by atoms with E-state index in [-0.39, 0.29) is 6.04 Å². The molecule has 1 aliphatic rings. The van der Waals surface area contributed by atoms with E-state index < -0.39 is 0 Å². The molecular formula is C12H21N3. The first-order valence-corrected chi connectivity index (χ1v) is 5.77. The van der Waals surface area contributed by atoms with Crippen molar-refractivity contribution in [1.82, 2.24) is 4.57 Å². The van der Waals surface area contributed by atoms with E-state index in [1.165, 1.54) is 17.8 Å². The molecule has 0 aliphatic carbocycles. The lowest BCUT2D eigenvalue weighted by Crippen LogP contribution is -2.30. The van der Waals surface area contributed by atoms with Gasteiger partial charge < -0.3 is 15.2 Å². The van der Waals surface area contributed by atoms with Crippen molar-refractivity contribution in [3.8, 4) is 0 Å². The molecule has 15 heavy (non-hydrogen) atoms. The van der Waals surface area contributed by atoms with E-state index in [0.29, 0.717) is 5.92 Å². The highest BCUT2D eigenvalue weighted by Crippen LogP contribution is 2.32. The summed E-state index contributed by atoms with van der Waals surface area (Å²) in [5.74, 6) is 1.81. The van der Waals surface area contributed by atoms with Gasteiger partial charge in [0.15, 0.2) is 0 Å². The molecule has 1 unspecified atom stereocenters. The van der Waals surface area contributed by atoms with Crippen LogP contribution in [0, 0.1) is 5.92 Å². The van der Waals surface area contributed by atoms with Crippen LogP contribution < -0.4 is 10.6 Å². The van der Waals surface area contributed by atoms with E-state index in [1.54, 1.807) is 0 Å². The number of hydrogen-bond donors (Lipinski definition) is 1. The molecule has 84 valence electrons. The average molecular weight is 207 g/mol. The molecule has 0 spiro atoms. The Morgan fingerprint density at radius 1 is 1.33 bits per heavy atom. The van der Waals surface area contributed by atoms with E-state index in [4.69, 9.17) is 5.73 Å². The number of aryl methyl sites for hydroxylation is 1. The summed E-state index contributed by atoms with van der Waals surface area (Å²) in [6.07, 6.45) is 3.40. The van der Waals surface area contributed by atoms with Gasteiger partial charge in [-0.1, -0.05) is 13.8 Å². The largest absolute Gasteiger partial charge is 0.361 e. The summed E-state index contributed by atoms with van der Waals surface area (Å²) < 4.78 is 2.32. The summed E-state index contributed by atoms with van der Waals surface area (Å²) in [6, 6.07) is 2.34. The van der Waals surface area contributed by atoms with Crippen LogP contribution >= 0.6 is 0 Å². The average Bonchev–Trinajstić information content (AvgIpc) is 2.61. The fraction of sp³-hybridized carbons (Fsp3) is 0.667. The summed E-state index contributed by atoms with van der Waals surface area (Å²) in [5, 5.41) is 0. The fourth-order valence-corrected chi connectivity index (χ4v) is 2.30. The van der Waals surface area contributed by atoms with Crippen LogP contribution in [0.4, 0.5) is 5.82 Å². The standard InChI is InChI=1S/C12H21N3/c1-9(2)11(13)10-5-8-15-7-4-6-14(3)12(10)15/h5,8-9,11H,4,6-7,13H2,1-3H3. The second kappa shape index (κ2) is 3.89. The number of hydrogen-bond acceptors (Lipinski definition) is 2. The van der Waals surface area contributed by atoms with Crippen molar-refractivity contribution in [2.24, 2.45) is 11.7 Å². The maximum atomic E-state index is 6.23. The summed E-state index contributed by atoms with van der Waals surface area (Å²) in [5.41, 5.74) is 7.53. The van der Waals surface area contributed by atoms with Crippen LogP contribution in [-0.4, -0.2) is 18.2 Å². The zero-order chi connectivity index (χ0) is 11.0. The van der Waals surface area contributed by atoms with Crippen molar-refractivity contribution in [2.75, 3.05) is 18.5 Å². The van der Waals surface area contributed by atoms with Crippen molar-refractivity contribution in [2.45, 2.75) is 32.9 Å². The highest BCUT2D eigenvalue weighted by Gasteiger charge is 2.22. The minimum Gasteiger partial charge on any atom is -0.361 e. The van der Waals surface area contributed by atoms with Crippen LogP contribution in [0.2, 0.25) is 0 Å². The Morgan fingerprint density at radius 2 is 2.07 bits per heavy atom. The molecular weight excluding hydrogens is 186 g/mol. The van der Waals surface area contributed by atoms with Crippen molar-refractivity contribution >= 4 is 5.82 Å². The molecule has 0 radical (unpaired) electrons. The van der Waals surface area contributed by atoms with Gasteiger partial charge in [-0.3, -0.25) is 0 Å². The van der Waals surface area contributed by atoms with E-state index in [0.717, 1.165) is 13.1 Å². The van der Waals surface area contributed by atoms with E-state index in [1.807, 2.05) is 0 Å². The van der Waals surface area contributed by atoms with Gasteiger partial charge in [-0.2, -0.15) is 0 Å². The molecule has 0 saturated carbocycles. The van der Waals surface area contributed by atoms with Gasteiger partial charge in [0.25, 0.3) is 0 Å². The molecule has 0 fully saturated rings. The van der Waals surface area contributed by atoms with Crippen molar-refractivity contribution in [1.29, 1.82) is 0 Å². The van der Waals surface area contributed by atoms with Gasteiger partial charge >= 0.3 is 0 Å². The first kappa shape index (κ1) is 10.6. The third-order valence-corrected chi connectivity index (χ3v) is 3.30. The van der Waals surface area contributed by atoms with Gasteiger partial charge in [-0.05, 0) is 18.4 Å². The fourth-order valence-electron chi connectivity index (χ4n) is 2.30. The Balaban J connectivity index is 2.37. The van der Waals surface area contributed by atoms with Crippen molar-refractivity contribution < 1.29 is 0 Å². The van der Waals surface area contributed by atoms with Crippen LogP contribution in [0.3, 0.4) is 0 Å². The second-order valence-electron chi connectivity index (χ2n) is 4.83. The SMILES string of the molecule is CC(C)C(N)c1ccn2c1N(C)CCC2. The topological polar surface area (TPSA) is 34.2 Å². The van der Waals surface area contributed by atoms with E-state index in [9.17, 15) is 0 Å². The zero-order valence-electron chi connectivity index (χ0n) is 9.90. The lowest BCUT2D eigenvalue weighted by Gasteiger charge is -2.30. The van der Waals surface area contributed by atoms with Crippen LogP contribution in [0.25, 0.3) is 0 Å². The molecule has 2 heterocycles. The highest BCUT2D eigenvalue weighted by molar-refractivity contribution is 5.51. The van der Waals surface area contributed by atoms with Crippen LogP contribution in [0.15, 0.2) is 12.3 Å². The Kier molecular flexibility index (Phi) is 2.74.